The third-order valence-electron chi connectivity index (χ3n) is 3.06. The molecule has 0 unspecified atom stereocenters. The number of thioether (sulfide) groups is 1. The molecule has 2 aromatic carbocycles. The molecule has 0 aromatic heterocycles. The molecule has 0 saturated heterocycles. The molecule has 1 N–H and O–H groups in total. The molecule has 2 rings (SSSR count). The third-order valence-corrected chi connectivity index (χ3v) is 4.30. The highest BCUT2D eigenvalue weighted by atomic mass is 32.2. The van der Waals surface area contributed by atoms with Crippen molar-refractivity contribution in [2.45, 2.75) is 31.0 Å². The van der Waals surface area contributed by atoms with Crippen LogP contribution in [0, 0.1) is 6.92 Å². The van der Waals surface area contributed by atoms with Gasteiger partial charge in [0.15, 0.2) is 0 Å². The second-order valence-corrected chi connectivity index (χ2v) is 5.67. The fourth-order valence-electron chi connectivity index (χ4n) is 1.99. The molecule has 0 aliphatic carbocycles. The molecule has 1 nitrogen and oxygen atoms in total. The number of benzene rings is 2. The molecule has 0 bridgehead atoms. The topological polar surface area (TPSA) is 12.0 Å². The summed E-state index contributed by atoms with van der Waals surface area (Å²) in [6.45, 7) is 6.31. The summed E-state index contributed by atoms with van der Waals surface area (Å²) in [6, 6.07) is 17.4. The monoisotopic (exact) mass is 271 g/mol. The molecule has 0 heterocycles. The van der Waals surface area contributed by atoms with Crippen molar-refractivity contribution in [3.63, 3.8) is 0 Å². The third kappa shape index (κ3) is 4.41. The fraction of sp³-hybridized carbons (Fsp3) is 0.294. The van der Waals surface area contributed by atoms with Gasteiger partial charge >= 0.3 is 0 Å². The van der Waals surface area contributed by atoms with E-state index in [-0.39, 0.29) is 0 Å². The Morgan fingerprint density at radius 1 is 1.00 bits per heavy atom. The summed E-state index contributed by atoms with van der Waals surface area (Å²) in [6.07, 6.45) is 0. The van der Waals surface area contributed by atoms with E-state index in [1.54, 1.807) is 0 Å². The molecular formula is C17H21NS. The fourth-order valence-corrected chi connectivity index (χ4v) is 2.95. The van der Waals surface area contributed by atoms with Gasteiger partial charge in [-0.05, 0) is 36.2 Å². The smallest absolute Gasteiger partial charge is 0.0232 e. The summed E-state index contributed by atoms with van der Waals surface area (Å²) in [4.78, 5) is 1.38. The lowest BCUT2D eigenvalue weighted by Gasteiger charge is -2.09. The average molecular weight is 271 g/mol. The van der Waals surface area contributed by atoms with Crippen molar-refractivity contribution in [2.75, 3.05) is 6.54 Å². The number of hydrogen-bond donors (Lipinski definition) is 1. The Kier molecular flexibility index (Phi) is 5.49. The lowest BCUT2D eigenvalue weighted by Crippen LogP contribution is -2.11. The molecule has 2 aromatic rings. The Morgan fingerprint density at radius 3 is 2.47 bits per heavy atom. The van der Waals surface area contributed by atoms with Gasteiger partial charge in [-0.25, -0.2) is 0 Å². The molecule has 0 atom stereocenters. The van der Waals surface area contributed by atoms with E-state index >= 15 is 0 Å². The summed E-state index contributed by atoms with van der Waals surface area (Å²) in [5.74, 6) is 1.04. The van der Waals surface area contributed by atoms with E-state index in [9.17, 15) is 0 Å². The Morgan fingerprint density at radius 2 is 1.79 bits per heavy atom. The zero-order chi connectivity index (χ0) is 13.5. The van der Waals surface area contributed by atoms with Crippen LogP contribution in [-0.2, 0) is 12.3 Å². The highest BCUT2D eigenvalue weighted by Gasteiger charge is 2.01. The van der Waals surface area contributed by atoms with Crippen molar-refractivity contribution in [3.05, 3.63) is 65.2 Å². The van der Waals surface area contributed by atoms with Gasteiger partial charge in [-0.1, -0.05) is 49.4 Å². The molecule has 0 aliphatic heterocycles. The lowest BCUT2D eigenvalue weighted by atomic mass is 10.1. The van der Waals surface area contributed by atoms with E-state index in [4.69, 9.17) is 0 Å². The second kappa shape index (κ2) is 7.37. The van der Waals surface area contributed by atoms with Crippen molar-refractivity contribution < 1.29 is 0 Å². The first-order chi connectivity index (χ1) is 9.29. The van der Waals surface area contributed by atoms with Gasteiger partial charge < -0.3 is 5.32 Å². The van der Waals surface area contributed by atoms with Crippen molar-refractivity contribution >= 4 is 11.8 Å². The van der Waals surface area contributed by atoms with Crippen LogP contribution < -0.4 is 5.32 Å². The normalized spacial score (nSPS) is 10.6. The van der Waals surface area contributed by atoms with Gasteiger partial charge in [0.2, 0.25) is 0 Å². The Bertz CT molecular complexity index is 508. The summed E-state index contributed by atoms with van der Waals surface area (Å²) in [5.41, 5.74) is 4.11. The second-order valence-electron chi connectivity index (χ2n) is 4.65. The molecule has 0 aliphatic rings. The van der Waals surface area contributed by atoms with E-state index < -0.39 is 0 Å². The van der Waals surface area contributed by atoms with Gasteiger partial charge in [0.1, 0.15) is 0 Å². The molecule has 0 spiro atoms. The Balaban J connectivity index is 1.97. The quantitative estimate of drug-likeness (QED) is 0.782. The SMILES string of the molecule is CCNCc1ccc(SCc2ccccc2)c(C)c1. The van der Waals surface area contributed by atoms with Crippen molar-refractivity contribution in [3.8, 4) is 0 Å². The average Bonchev–Trinajstić information content (AvgIpc) is 2.45. The summed E-state index contributed by atoms with van der Waals surface area (Å²) in [7, 11) is 0. The maximum atomic E-state index is 3.36. The Labute approximate surface area is 120 Å². The van der Waals surface area contributed by atoms with Crippen LogP contribution in [0.15, 0.2) is 53.4 Å². The molecule has 2 heteroatoms. The molecular weight excluding hydrogens is 250 g/mol. The van der Waals surface area contributed by atoms with E-state index in [0.29, 0.717) is 0 Å². The first kappa shape index (κ1) is 14.2. The molecule has 0 fully saturated rings. The molecule has 19 heavy (non-hydrogen) atoms. The highest BCUT2D eigenvalue weighted by molar-refractivity contribution is 7.98. The first-order valence-electron chi connectivity index (χ1n) is 6.76. The summed E-state index contributed by atoms with van der Waals surface area (Å²) < 4.78 is 0. The van der Waals surface area contributed by atoms with Crippen LogP contribution in [-0.4, -0.2) is 6.54 Å². The van der Waals surface area contributed by atoms with E-state index in [1.807, 2.05) is 11.8 Å². The summed E-state index contributed by atoms with van der Waals surface area (Å²) in [5, 5.41) is 3.36. The number of hydrogen-bond acceptors (Lipinski definition) is 2. The molecule has 0 saturated carbocycles. The van der Waals surface area contributed by atoms with Crippen LogP contribution in [0.1, 0.15) is 23.6 Å². The van der Waals surface area contributed by atoms with Gasteiger partial charge in [-0.3, -0.25) is 0 Å². The van der Waals surface area contributed by atoms with Gasteiger partial charge in [0, 0.05) is 17.2 Å². The minimum Gasteiger partial charge on any atom is -0.313 e. The number of aryl methyl sites for hydroxylation is 1. The van der Waals surface area contributed by atoms with Crippen LogP contribution in [0.4, 0.5) is 0 Å². The van der Waals surface area contributed by atoms with Crippen LogP contribution in [0.2, 0.25) is 0 Å². The van der Waals surface area contributed by atoms with Crippen molar-refractivity contribution in [1.82, 2.24) is 5.32 Å². The zero-order valence-electron chi connectivity index (χ0n) is 11.6. The standard InChI is InChI=1S/C17H21NS/c1-3-18-12-16-9-10-17(14(2)11-16)19-13-15-7-5-4-6-8-15/h4-11,18H,3,12-13H2,1-2H3. The molecule has 100 valence electrons. The van der Waals surface area contributed by atoms with Crippen LogP contribution in [0.3, 0.4) is 0 Å². The lowest BCUT2D eigenvalue weighted by molar-refractivity contribution is 0.726. The number of nitrogens with one attached hydrogen (secondary N) is 1. The minimum atomic E-state index is 0.959. The Hall–Kier alpha value is -1.25. The minimum absolute atomic E-state index is 0.959. The maximum Gasteiger partial charge on any atom is 0.0232 e. The zero-order valence-corrected chi connectivity index (χ0v) is 12.5. The van der Waals surface area contributed by atoms with Gasteiger partial charge in [0.25, 0.3) is 0 Å². The van der Waals surface area contributed by atoms with Crippen molar-refractivity contribution in [1.29, 1.82) is 0 Å². The van der Waals surface area contributed by atoms with E-state index in [1.165, 1.54) is 21.6 Å². The van der Waals surface area contributed by atoms with Gasteiger partial charge in [-0.15, -0.1) is 11.8 Å². The van der Waals surface area contributed by atoms with Crippen LogP contribution in [0.5, 0.6) is 0 Å². The predicted molar refractivity (Wildman–Crippen MR) is 84.6 cm³/mol. The number of rotatable bonds is 6. The summed E-state index contributed by atoms with van der Waals surface area (Å²) >= 11 is 1.91. The molecule has 0 radical (unpaired) electrons. The largest absolute Gasteiger partial charge is 0.313 e. The first-order valence-corrected chi connectivity index (χ1v) is 7.75. The predicted octanol–water partition coefficient (Wildman–Crippen LogP) is 4.40. The highest BCUT2D eigenvalue weighted by Crippen LogP contribution is 2.26. The van der Waals surface area contributed by atoms with E-state index in [2.05, 4.69) is 67.7 Å². The van der Waals surface area contributed by atoms with Crippen LogP contribution in [0.25, 0.3) is 0 Å². The van der Waals surface area contributed by atoms with E-state index in [0.717, 1.165) is 18.8 Å². The van der Waals surface area contributed by atoms with Crippen LogP contribution >= 0.6 is 11.8 Å². The van der Waals surface area contributed by atoms with Gasteiger partial charge in [0.05, 0.1) is 0 Å². The van der Waals surface area contributed by atoms with Gasteiger partial charge in [-0.2, -0.15) is 0 Å². The maximum absolute atomic E-state index is 3.36. The van der Waals surface area contributed by atoms with Crippen molar-refractivity contribution in [2.24, 2.45) is 0 Å². The molecule has 0 amide bonds.